The van der Waals surface area contributed by atoms with E-state index >= 15 is 0 Å². The van der Waals surface area contributed by atoms with Crippen molar-refractivity contribution in [2.45, 2.75) is 38.3 Å². The van der Waals surface area contributed by atoms with E-state index in [1.807, 2.05) is 12.1 Å². The van der Waals surface area contributed by atoms with Gasteiger partial charge in [0, 0.05) is 0 Å². The molecule has 0 fully saturated rings. The number of hydrogen-bond acceptors (Lipinski definition) is 2. The van der Waals surface area contributed by atoms with E-state index in [1.54, 1.807) is 0 Å². The number of hydrogen-bond donors (Lipinski definition) is 1. The summed E-state index contributed by atoms with van der Waals surface area (Å²) in [6.07, 6.45) is 3.28. The zero-order chi connectivity index (χ0) is 13.9. The second-order valence-corrected chi connectivity index (χ2v) is 5.59. The monoisotopic (exact) mass is 267 g/mol. The molecule has 3 rings (SSSR count). The first-order chi connectivity index (χ1) is 9.74. The molecule has 2 nitrogen and oxygen atoms in total. The lowest BCUT2D eigenvalue weighted by Gasteiger charge is -2.24. The van der Waals surface area contributed by atoms with Crippen LogP contribution in [0.2, 0.25) is 0 Å². The highest BCUT2D eigenvalue weighted by atomic mass is 16.5. The van der Waals surface area contributed by atoms with E-state index in [4.69, 9.17) is 10.5 Å². The molecule has 0 bridgehead atoms. The van der Waals surface area contributed by atoms with Gasteiger partial charge in [0.1, 0.15) is 11.9 Å². The summed E-state index contributed by atoms with van der Waals surface area (Å²) >= 11 is 0. The Kier molecular flexibility index (Phi) is 3.75. The summed E-state index contributed by atoms with van der Waals surface area (Å²) in [7, 11) is 0. The number of nitrogens with two attached hydrogens (primary N) is 1. The highest BCUT2D eigenvalue weighted by Gasteiger charge is 2.26. The molecular weight excluding hydrogens is 246 g/mol. The first kappa shape index (κ1) is 13.2. The number of rotatable bonds is 2. The summed E-state index contributed by atoms with van der Waals surface area (Å²) in [6.45, 7) is 2.08. The van der Waals surface area contributed by atoms with Gasteiger partial charge in [-0.15, -0.1) is 0 Å². The fraction of sp³-hybridized carbons (Fsp3) is 0.333. The van der Waals surface area contributed by atoms with Gasteiger partial charge in [0.25, 0.3) is 0 Å². The third kappa shape index (κ3) is 2.70. The Morgan fingerprint density at radius 3 is 2.80 bits per heavy atom. The van der Waals surface area contributed by atoms with Gasteiger partial charge in [0.05, 0.1) is 6.04 Å². The highest BCUT2D eigenvalue weighted by Crippen LogP contribution is 2.30. The molecule has 0 saturated carbocycles. The predicted octanol–water partition coefficient (Wildman–Crippen LogP) is 3.78. The molecule has 0 amide bonds. The molecule has 1 aliphatic carbocycles. The summed E-state index contributed by atoms with van der Waals surface area (Å²) in [6, 6.07) is 16.6. The molecule has 0 radical (unpaired) electrons. The maximum Gasteiger partial charge on any atom is 0.120 e. The van der Waals surface area contributed by atoms with Crippen LogP contribution in [-0.2, 0) is 6.42 Å². The van der Waals surface area contributed by atoms with Crippen LogP contribution < -0.4 is 10.5 Å². The normalized spacial score (nSPS) is 21.9. The van der Waals surface area contributed by atoms with Gasteiger partial charge >= 0.3 is 0 Å². The SMILES string of the molecule is Cc1cccc(OC2CCCc3ccccc3C2N)c1. The van der Waals surface area contributed by atoms with Crippen molar-refractivity contribution in [3.05, 3.63) is 65.2 Å². The molecule has 2 aromatic carbocycles. The number of ether oxygens (including phenoxy) is 1. The van der Waals surface area contributed by atoms with Crippen LogP contribution in [0.4, 0.5) is 0 Å². The second kappa shape index (κ2) is 5.68. The minimum Gasteiger partial charge on any atom is -0.488 e. The van der Waals surface area contributed by atoms with E-state index < -0.39 is 0 Å². The van der Waals surface area contributed by atoms with E-state index in [0.717, 1.165) is 25.0 Å². The van der Waals surface area contributed by atoms with Crippen LogP contribution in [0.25, 0.3) is 0 Å². The molecule has 2 aromatic rings. The maximum atomic E-state index is 6.45. The van der Waals surface area contributed by atoms with Gasteiger partial charge in [-0.25, -0.2) is 0 Å². The van der Waals surface area contributed by atoms with Crippen LogP contribution in [0, 0.1) is 6.92 Å². The maximum absolute atomic E-state index is 6.45. The van der Waals surface area contributed by atoms with Crippen molar-refractivity contribution in [1.82, 2.24) is 0 Å². The fourth-order valence-corrected chi connectivity index (χ4v) is 2.96. The average Bonchev–Trinajstić information content (AvgIpc) is 2.60. The molecule has 2 unspecified atom stereocenters. The number of fused-ring (bicyclic) bond motifs is 1. The summed E-state index contributed by atoms with van der Waals surface area (Å²) in [5.41, 5.74) is 10.3. The van der Waals surface area contributed by atoms with Gasteiger partial charge in [-0.1, -0.05) is 36.4 Å². The Morgan fingerprint density at radius 1 is 1.10 bits per heavy atom. The topological polar surface area (TPSA) is 35.2 Å². The quantitative estimate of drug-likeness (QED) is 0.840. The molecular formula is C18H21NO. The largest absolute Gasteiger partial charge is 0.488 e. The Labute approximate surface area is 120 Å². The zero-order valence-electron chi connectivity index (χ0n) is 11.9. The molecule has 0 aromatic heterocycles. The van der Waals surface area contributed by atoms with Crippen LogP contribution in [0.15, 0.2) is 48.5 Å². The molecule has 0 saturated heterocycles. The fourth-order valence-electron chi connectivity index (χ4n) is 2.96. The van der Waals surface area contributed by atoms with Crippen LogP contribution in [0.5, 0.6) is 5.75 Å². The second-order valence-electron chi connectivity index (χ2n) is 5.59. The Morgan fingerprint density at radius 2 is 1.95 bits per heavy atom. The molecule has 0 aliphatic heterocycles. The average molecular weight is 267 g/mol. The van der Waals surface area contributed by atoms with Gasteiger partial charge in [-0.05, 0) is 55.0 Å². The van der Waals surface area contributed by atoms with E-state index in [9.17, 15) is 0 Å². The molecule has 0 heterocycles. The Bertz CT molecular complexity index is 593. The highest BCUT2D eigenvalue weighted by molar-refractivity contribution is 5.33. The Hall–Kier alpha value is -1.80. The number of benzene rings is 2. The van der Waals surface area contributed by atoms with Crippen molar-refractivity contribution in [1.29, 1.82) is 0 Å². The van der Waals surface area contributed by atoms with Crippen molar-refractivity contribution in [2.75, 3.05) is 0 Å². The Balaban J connectivity index is 1.84. The summed E-state index contributed by atoms with van der Waals surface area (Å²) < 4.78 is 6.16. The lowest BCUT2D eigenvalue weighted by molar-refractivity contribution is 0.162. The molecule has 1 aliphatic rings. The molecule has 2 heteroatoms. The molecule has 104 valence electrons. The minimum atomic E-state index is -0.0470. The molecule has 0 spiro atoms. The van der Waals surface area contributed by atoms with Crippen molar-refractivity contribution in [3.8, 4) is 5.75 Å². The van der Waals surface area contributed by atoms with Gasteiger partial charge in [-0.3, -0.25) is 0 Å². The van der Waals surface area contributed by atoms with E-state index in [1.165, 1.54) is 16.7 Å². The third-order valence-electron chi connectivity index (χ3n) is 4.03. The van der Waals surface area contributed by atoms with Gasteiger partial charge in [0.2, 0.25) is 0 Å². The van der Waals surface area contributed by atoms with Gasteiger partial charge in [0.15, 0.2) is 0 Å². The van der Waals surface area contributed by atoms with Gasteiger partial charge < -0.3 is 10.5 Å². The van der Waals surface area contributed by atoms with Crippen LogP contribution >= 0.6 is 0 Å². The first-order valence-electron chi connectivity index (χ1n) is 7.31. The third-order valence-corrected chi connectivity index (χ3v) is 4.03. The van der Waals surface area contributed by atoms with Crippen LogP contribution in [0.1, 0.15) is 35.6 Å². The van der Waals surface area contributed by atoms with Crippen molar-refractivity contribution in [2.24, 2.45) is 5.73 Å². The molecule has 2 N–H and O–H groups in total. The standard InChI is InChI=1S/C18H21NO/c1-13-6-4-9-15(12-13)20-17-11-5-8-14-7-2-3-10-16(14)18(17)19/h2-4,6-7,9-10,12,17-18H,5,8,11,19H2,1H3. The van der Waals surface area contributed by atoms with E-state index in [-0.39, 0.29) is 12.1 Å². The summed E-state index contributed by atoms with van der Waals surface area (Å²) in [4.78, 5) is 0. The lowest BCUT2D eigenvalue weighted by atomic mass is 9.98. The van der Waals surface area contributed by atoms with E-state index in [2.05, 4.69) is 43.3 Å². The minimum absolute atomic E-state index is 0.0470. The first-order valence-corrected chi connectivity index (χ1v) is 7.31. The lowest BCUT2D eigenvalue weighted by Crippen LogP contribution is -2.30. The summed E-state index contributed by atoms with van der Waals surface area (Å²) in [5, 5.41) is 0. The van der Waals surface area contributed by atoms with Crippen molar-refractivity contribution < 1.29 is 4.74 Å². The van der Waals surface area contributed by atoms with Gasteiger partial charge in [-0.2, -0.15) is 0 Å². The van der Waals surface area contributed by atoms with Crippen LogP contribution in [0.3, 0.4) is 0 Å². The molecule has 2 atom stereocenters. The van der Waals surface area contributed by atoms with Crippen molar-refractivity contribution in [3.63, 3.8) is 0 Å². The summed E-state index contributed by atoms with van der Waals surface area (Å²) in [5.74, 6) is 0.921. The number of aryl methyl sites for hydroxylation is 2. The molecule has 20 heavy (non-hydrogen) atoms. The predicted molar refractivity (Wildman–Crippen MR) is 81.9 cm³/mol. The smallest absolute Gasteiger partial charge is 0.120 e. The zero-order valence-corrected chi connectivity index (χ0v) is 11.9. The van der Waals surface area contributed by atoms with Crippen molar-refractivity contribution >= 4 is 0 Å². The van der Waals surface area contributed by atoms with Crippen LogP contribution in [-0.4, -0.2) is 6.10 Å². The van der Waals surface area contributed by atoms with E-state index in [0.29, 0.717) is 0 Å².